The third-order valence-electron chi connectivity index (χ3n) is 5.29. The lowest BCUT2D eigenvalue weighted by molar-refractivity contribution is -0.142. The number of nitrogens with zero attached hydrogens (tertiary/aromatic N) is 1. The van der Waals surface area contributed by atoms with Gasteiger partial charge < -0.3 is 19.7 Å². The molecule has 2 amide bonds. The fourth-order valence-corrected chi connectivity index (χ4v) is 3.98. The second-order valence-electron chi connectivity index (χ2n) is 7.52. The van der Waals surface area contributed by atoms with E-state index in [9.17, 15) is 9.59 Å². The molecule has 0 saturated heterocycles. The first-order chi connectivity index (χ1) is 16.4. The van der Waals surface area contributed by atoms with Gasteiger partial charge in [0.25, 0.3) is 5.91 Å². The van der Waals surface area contributed by atoms with E-state index < -0.39 is 6.04 Å². The van der Waals surface area contributed by atoms with Crippen LogP contribution in [0.3, 0.4) is 0 Å². The standard InChI is InChI=1S/C26H26Cl2N2O4/c1-29-26(32)22(14-18-8-4-3-5-9-18)30(16-19-12-13-20(27)15-21(19)28)25(31)17-34-24-11-7-6-10-23(24)33-2/h3-13,15,22H,14,16-17H2,1-2H3,(H,29,32). The molecule has 0 aromatic heterocycles. The van der Waals surface area contributed by atoms with Crippen LogP contribution in [0.2, 0.25) is 10.0 Å². The number of likely N-dealkylation sites (N-methyl/N-ethyl adjacent to an activating group) is 1. The molecule has 0 fully saturated rings. The molecule has 0 aliphatic heterocycles. The second-order valence-corrected chi connectivity index (χ2v) is 8.36. The van der Waals surface area contributed by atoms with Gasteiger partial charge in [-0.05, 0) is 35.4 Å². The van der Waals surface area contributed by atoms with E-state index in [1.165, 1.54) is 12.0 Å². The van der Waals surface area contributed by atoms with E-state index in [0.717, 1.165) is 5.56 Å². The molecule has 0 saturated carbocycles. The number of rotatable bonds is 10. The summed E-state index contributed by atoms with van der Waals surface area (Å²) in [5, 5.41) is 3.57. The maximum Gasteiger partial charge on any atom is 0.261 e. The van der Waals surface area contributed by atoms with Crippen LogP contribution in [0.1, 0.15) is 11.1 Å². The number of hydrogen-bond donors (Lipinski definition) is 1. The highest BCUT2D eigenvalue weighted by Gasteiger charge is 2.30. The topological polar surface area (TPSA) is 67.9 Å². The number of carbonyl (C=O) groups excluding carboxylic acids is 2. The number of halogens is 2. The van der Waals surface area contributed by atoms with Gasteiger partial charge in [0, 0.05) is 30.1 Å². The summed E-state index contributed by atoms with van der Waals surface area (Å²) in [5.41, 5.74) is 1.58. The quantitative estimate of drug-likeness (QED) is 0.435. The van der Waals surface area contributed by atoms with E-state index in [2.05, 4.69) is 5.32 Å². The Hall–Kier alpha value is -3.22. The normalized spacial score (nSPS) is 11.4. The zero-order valence-corrected chi connectivity index (χ0v) is 20.5. The molecule has 0 aliphatic rings. The summed E-state index contributed by atoms with van der Waals surface area (Å²) in [4.78, 5) is 27.9. The predicted octanol–water partition coefficient (Wildman–Crippen LogP) is 4.77. The van der Waals surface area contributed by atoms with Gasteiger partial charge in [0.15, 0.2) is 18.1 Å². The van der Waals surface area contributed by atoms with E-state index >= 15 is 0 Å². The lowest BCUT2D eigenvalue weighted by Crippen LogP contribution is -2.51. The van der Waals surface area contributed by atoms with E-state index in [0.29, 0.717) is 33.5 Å². The lowest BCUT2D eigenvalue weighted by atomic mass is 10.0. The van der Waals surface area contributed by atoms with Gasteiger partial charge >= 0.3 is 0 Å². The largest absolute Gasteiger partial charge is 0.493 e. The molecule has 1 unspecified atom stereocenters. The van der Waals surface area contributed by atoms with Gasteiger partial charge in [-0.15, -0.1) is 0 Å². The van der Waals surface area contributed by atoms with Gasteiger partial charge in [-0.3, -0.25) is 9.59 Å². The number of nitrogens with one attached hydrogen (secondary N) is 1. The summed E-state index contributed by atoms with van der Waals surface area (Å²) < 4.78 is 11.1. The summed E-state index contributed by atoms with van der Waals surface area (Å²) in [7, 11) is 3.07. The lowest BCUT2D eigenvalue weighted by Gasteiger charge is -2.31. The average molecular weight is 501 g/mol. The molecule has 6 nitrogen and oxygen atoms in total. The molecule has 0 bridgehead atoms. The van der Waals surface area contributed by atoms with Crippen molar-refractivity contribution < 1.29 is 19.1 Å². The van der Waals surface area contributed by atoms with Gasteiger partial charge in [0.1, 0.15) is 6.04 Å². The summed E-state index contributed by atoms with van der Waals surface area (Å²) in [6.07, 6.45) is 0.326. The first kappa shape index (κ1) is 25.4. The Bertz CT molecular complexity index is 1120. The van der Waals surface area contributed by atoms with Crippen LogP contribution in [0.5, 0.6) is 11.5 Å². The average Bonchev–Trinajstić information content (AvgIpc) is 2.86. The molecule has 0 spiro atoms. The Morgan fingerprint density at radius 1 is 0.971 bits per heavy atom. The van der Waals surface area contributed by atoms with E-state index in [1.807, 2.05) is 36.4 Å². The van der Waals surface area contributed by atoms with Crippen molar-refractivity contribution in [2.45, 2.75) is 19.0 Å². The first-order valence-corrected chi connectivity index (χ1v) is 11.4. The summed E-state index contributed by atoms with van der Waals surface area (Å²) >= 11 is 12.4. The van der Waals surface area contributed by atoms with Crippen molar-refractivity contribution in [3.8, 4) is 11.5 Å². The van der Waals surface area contributed by atoms with Crippen LogP contribution in [0, 0.1) is 0 Å². The molecule has 8 heteroatoms. The van der Waals surface area contributed by atoms with Crippen LogP contribution in [0.25, 0.3) is 0 Å². The molecule has 3 aromatic carbocycles. The van der Waals surface area contributed by atoms with Crippen LogP contribution in [-0.2, 0) is 22.6 Å². The van der Waals surface area contributed by atoms with Gasteiger partial charge in [0.2, 0.25) is 5.91 Å². The molecule has 3 aromatic rings. The predicted molar refractivity (Wildman–Crippen MR) is 134 cm³/mol. The third kappa shape index (κ3) is 6.65. The fourth-order valence-electron chi connectivity index (χ4n) is 3.51. The number of para-hydroxylation sites is 2. The number of benzene rings is 3. The van der Waals surface area contributed by atoms with Gasteiger partial charge in [0.05, 0.1) is 7.11 Å². The van der Waals surface area contributed by atoms with Crippen molar-refractivity contribution in [3.05, 3.63) is 94.0 Å². The molecule has 1 atom stereocenters. The Morgan fingerprint density at radius 2 is 1.65 bits per heavy atom. The maximum absolute atomic E-state index is 13.5. The smallest absolute Gasteiger partial charge is 0.261 e. The zero-order valence-electron chi connectivity index (χ0n) is 19.0. The van der Waals surface area contributed by atoms with Crippen LogP contribution < -0.4 is 14.8 Å². The molecule has 178 valence electrons. The van der Waals surface area contributed by atoms with Crippen LogP contribution in [0.15, 0.2) is 72.8 Å². The van der Waals surface area contributed by atoms with Crippen LogP contribution >= 0.6 is 23.2 Å². The summed E-state index contributed by atoms with van der Waals surface area (Å²) in [6.45, 7) is -0.178. The van der Waals surface area contributed by atoms with Crippen molar-refractivity contribution in [2.24, 2.45) is 0 Å². The number of carbonyl (C=O) groups is 2. The number of ether oxygens (including phenoxy) is 2. The van der Waals surface area contributed by atoms with Gasteiger partial charge in [-0.2, -0.15) is 0 Å². The zero-order chi connectivity index (χ0) is 24.5. The second kappa shape index (κ2) is 12.3. The van der Waals surface area contributed by atoms with Gasteiger partial charge in [-0.1, -0.05) is 71.7 Å². The molecule has 3 rings (SSSR count). The van der Waals surface area contributed by atoms with E-state index in [-0.39, 0.29) is 25.0 Å². The maximum atomic E-state index is 13.5. The molecule has 0 radical (unpaired) electrons. The minimum Gasteiger partial charge on any atom is -0.493 e. The minimum absolute atomic E-state index is 0.106. The summed E-state index contributed by atoms with van der Waals surface area (Å²) in [6, 6.07) is 20.8. The highest BCUT2D eigenvalue weighted by Crippen LogP contribution is 2.27. The molecule has 34 heavy (non-hydrogen) atoms. The Balaban J connectivity index is 1.91. The highest BCUT2D eigenvalue weighted by atomic mass is 35.5. The van der Waals surface area contributed by atoms with Crippen molar-refractivity contribution in [1.29, 1.82) is 0 Å². The first-order valence-electron chi connectivity index (χ1n) is 10.7. The summed E-state index contributed by atoms with van der Waals surface area (Å²) in [5.74, 6) is 0.276. The Morgan fingerprint density at radius 3 is 2.29 bits per heavy atom. The van der Waals surface area contributed by atoms with Crippen LogP contribution in [0.4, 0.5) is 0 Å². The SMILES string of the molecule is CNC(=O)C(Cc1ccccc1)N(Cc1ccc(Cl)cc1Cl)C(=O)COc1ccccc1OC. The highest BCUT2D eigenvalue weighted by molar-refractivity contribution is 6.35. The molecule has 0 heterocycles. The van der Waals surface area contributed by atoms with Crippen molar-refractivity contribution in [2.75, 3.05) is 20.8 Å². The van der Waals surface area contributed by atoms with Crippen molar-refractivity contribution >= 4 is 35.0 Å². The van der Waals surface area contributed by atoms with Gasteiger partial charge in [-0.25, -0.2) is 0 Å². The van der Waals surface area contributed by atoms with E-state index in [1.54, 1.807) is 43.4 Å². The molecular formula is C26H26Cl2N2O4. The molecular weight excluding hydrogens is 475 g/mol. The number of methoxy groups -OCH3 is 1. The minimum atomic E-state index is -0.784. The fraction of sp³-hybridized carbons (Fsp3) is 0.231. The van der Waals surface area contributed by atoms with Crippen molar-refractivity contribution in [3.63, 3.8) is 0 Å². The monoisotopic (exact) mass is 500 g/mol. The number of hydrogen-bond acceptors (Lipinski definition) is 4. The van der Waals surface area contributed by atoms with Crippen LogP contribution in [-0.4, -0.2) is 43.5 Å². The molecule has 0 aliphatic carbocycles. The van der Waals surface area contributed by atoms with Crippen molar-refractivity contribution in [1.82, 2.24) is 10.2 Å². The number of amides is 2. The Kier molecular flexibility index (Phi) is 9.19. The third-order valence-corrected chi connectivity index (χ3v) is 5.88. The van der Waals surface area contributed by atoms with E-state index in [4.69, 9.17) is 32.7 Å². The Labute approximate surface area is 209 Å². The molecule has 1 N–H and O–H groups in total.